The van der Waals surface area contributed by atoms with Crippen LogP contribution in [0, 0.1) is 0 Å². The van der Waals surface area contributed by atoms with Crippen LogP contribution in [-0.2, 0) is 15.3 Å². The molecule has 78 valence electrons. The number of fused-ring (bicyclic) bond motifs is 2. The molecule has 2 aliphatic rings. The van der Waals surface area contributed by atoms with Crippen LogP contribution in [0.25, 0.3) is 0 Å². The zero-order chi connectivity index (χ0) is 10.3. The molecule has 0 spiro atoms. The molecular weight excluding hydrogens is 192 g/mol. The molecule has 3 rings (SSSR count). The summed E-state index contributed by atoms with van der Waals surface area (Å²) in [5, 5.41) is 0. The standard InChI is InChI=1S/C12H12O3/c1-2-9-10-5-3-7-12(14-9,15-10)11-6-4-8-13-11/h2-6,8-10H,1,7H2/t9-,10-,12-/m1/s1. The molecule has 0 radical (unpaired) electrons. The predicted octanol–water partition coefficient (Wildman–Crippen LogP) is 2.36. The van der Waals surface area contributed by atoms with Crippen molar-refractivity contribution in [3.8, 4) is 0 Å². The van der Waals surface area contributed by atoms with Gasteiger partial charge in [0.2, 0.25) is 5.79 Å². The first kappa shape index (κ1) is 8.95. The summed E-state index contributed by atoms with van der Waals surface area (Å²) >= 11 is 0. The van der Waals surface area contributed by atoms with Gasteiger partial charge in [-0.05, 0) is 12.1 Å². The molecule has 0 amide bonds. The maximum Gasteiger partial charge on any atom is 0.233 e. The molecule has 0 N–H and O–H groups in total. The highest BCUT2D eigenvalue weighted by Gasteiger charge is 2.50. The van der Waals surface area contributed by atoms with Crippen molar-refractivity contribution in [2.45, 2.75) is 24.4 Å². The van der Waals surface area contributed by atoms with Gasteiger partial charge in [0, 0.05) is 6.42 Å². The van der Waals surface area contributed by atoms with E-state index in [4.69, 9.17) is 13.9 Å². The van der Waals surface area contributed by atoms with E-state index in [1.807, 2.05) is 18.2 Å². The van der Waals surface area contributed by atoms with Crippen molar-refractivity contribution in [3.05, 3.63) is 49.0 Å². The van der Waals surface area contributed by atoms with E-state index in [2.05, 4.69) is 12.7 Å². The Morgan fingerprint density at radius 3 is 3.13 bits per heavy atom. The highest BCUT2D eigenvalue weighted by atomic mass is 16.8. The van der Waals surface area contributed by atoms with Crippen LogP contribution in [0.3, 0.4) is 0 Å². The van der Waals surface area contributed by atoms with E-state index in [0.29, 0.717) is 6.42 Å². The first-order valence-electron chi connectivity index (χ1n) is 5.03. The average molecular weight is 204 g/mol. The van der Waals surface area contributed by atoms with Gasteiger partial charge in [0.05, 0.1) is 6.26 Å². The van der Waals surface area contributed by atoms with Crippen LogP contribution in [0.15, 0.2) is 47.6 Å². The Morgan fingerprint density at radius 1 is 1.47 bits per heavy atom. The Kier molecular flexibility index (Phi) is 1.84. The van der Waals surface area contributed by atoms with Crippen LogP contribution in [0.5, 0.6) is 0 Å². The molecular formula is C12H12O3. The first-order chi connectivity index (χ1) is 7.34. The van der Waals surface area contributed by atoms with E-state index < -0.39 is 5.79 Å². The molecule has 3 nitrogen and oxygen atoms in total. The number of ether oxygens (including phenoxy) is 2. The van der Waals surface area contributed by atoms with Crippen molar-refractivity contribution in [2.75, 3.05) is 0 Å². The molecule has 3 atom stereocenters. The number of rotatable bonds is 2. The lowest BCUT2D eigenvalue weighted by molar-refractivity contribution is -0.190. The normalized spacial score (nSPS) is 38.1. The molecule has 2 aliphatic heterocycles. The van der Waals surface area contributed by atoms with Crippen LogP contribution >= 0.6 is 0 Å². The first-order valence-corrected chi connectivity index (χ1v) is 5.03. The molecule has 3 heterocycles. The third-order valence-electron chi connectivity index (χ3n) is 2.82. The van der Waals surface area contributed by atoms with Gasteiger partial charge in [-0.25, -0.2) is 0 Å². The van der Waals surface area contributed by atoms with Gasteiger partial charge < -0.3 is 13.9 Å². The lowest BCUT2D eigenvalue weighted by Gasteiger charge is -2.26. The summed E-state index contributed by atoms with van der Waals surface area (Å²) in [6.07, 6.45) is 8.04. The number of hydrogen-bond donors (Lipinski definition) is 0. The Labute approximate surface area is 88.0 Å². The summed E-state index contributed by atoms with van der Waals surface area (Å²) in [7, 11) is 0. The zero-order valence-corrected chi connectivity index (χ0v) is 8.26. The summed E-state index contributed by atoms with van der Waals surface area (Å²) in [4.78, 5) is 0. The molecule has 2 bridgehead atoms. The second-order valence-electron chi connectivity index (χ2n) is 3.76. The fraction of sp³-hybridized carbons (Fsp3) is 0.333. The highest BCUT2D eigenvalue weighted by Crippen LogP contribution is 2.44. The van der Waals surface area contributed by atoms with E-state index >= 15 is 0 Å². The largest absolute Gasteiger partial charge is 0.464 e. The summed E-state index contributed by atoms with van der Waals surface area (Å²) in [6.45, 7) is 3.75. The summed E-state index contributed by atoms with van der Waals surface area (Å²) in [5.74, 6) is -0.0110. The minimum atomic E-state index is -0.734. The van der Waals surface area contributed by atoms with Gasteiger partial charge in [0.15, 0.2) is 5.76 Å². The molecule has 1 fully saturated rings. The van der Waals surface area contributed by atoms with E-state index in [1.54, 1.807) is 12.3 Å². The van der Waals surface area contributed by atoms with Crippen LogP contribution in [0.4, 0.5) is 0 Å². The van der Waals surface area contributed by atoms with E-state index in [1.165, 1.54) is 0 Å². The van der Waals surface area contributed by atoms with Gasteiger partial charge in [-0.3, -0.25) is 0 Å². The molecule has 0 saturated carbocycles. The fourth-order valence-electron chi connectivity index (χ4n) is 2.10. The van der Waals surface area contributed by atoms with Crippen molar-refractivity contribution < 1.29 is 13.9 Å². The predicted molar refractivity (Wildman–Crippen MR) is 54.1 cm³/mol. The van der Waals surface area contributed by atoms with Crippen LogP contribution in [0.2, 0.25) is 0 Å². The molecule has 1 aromatic heterocycles. The topological polar surface area (TPSA) is 31.6 Å². The lowest BCUT2D eigenvalue weighted by Crippen LogP contribution is -2.28. The SMILES string of the molecule is C=C[C@H]1O[C@]2(c3ccco3)CC=C[C@H]1O2. The van der Waals surface area contributed by atoms with Crippen molar-refractivity contribution in [1.29, 1.82) is 0 Å². The molecule has 1 saturated heterocycles. The van der Waals surface area contributed by atoms with E-state index in [-0.39, 0.29) is 12.2 Å². The number of furan rings is 1. The zero-order valence-electron chi connectivity index (χ0n) is 8.26. The van der Waals surface area contributed by atoms with Crippen LogP contribution < -0.4 is 0 Å². The smallest absolute Gasteiger partial charge is 0.233 e. The molecule has 0 aromatic carbocycles. The van der Waals surface area contributed by atoms with Crippen molar-refractivity contribution in [1.82, 2.24) is 0 Å². The molecule has 15 heavy (non-hydrogen) atoms. The van der Waals surface area contributed by atoms with Crippen molar-refractivity contribution in [2.24, 2.45) is 0 Å². The highest BCUT2D eigenvalue weighted by molar-refractivity contribution is 5.18. The monoisotopic (exact) mass is 204 g/mol. The fourth-order valence-corrected chi connectivity index (χ4v) is 2.10. The van der Waals surface area contributed by atoms with Gasteiger partial charge in [0.25, 0.3) is 0 Å². The lowest BCUT2D eigenvalue weighted by atomic mass is 10.1. The second-order valence-corrected chi connectivity index (χ2v) is 3.76. The Hall–Kier alpha value is -1.32. The van der Waals surface area contributed by atoms with E-state index in [0.717, 1.165) is 5.76 Å². The third-order valence-corrected chi connectivity index (χ3v) is 2.82. The van der Waals surface area contributed by atoms with Crippen molar-refractivity contribution in [3.63, 3.8) is 0 Å². The van der Waals surface area contributed by atoms with Gasteiger partial charge >= 0.3 is 0 Å². The third kappa shape index (κ3) is 1.20. The maximum absolute atomic E-state index is 5.87. The minimum absolute atomic E-state index is 0.0404. The summed E-state index contributed by atoms with van der Waals surface area (Å²) < 4.78 is 17.1. The quantitative estimate of drug-likeness (QED) is 0.693. The molecule has 1 aromatic rings. The van der Waals surface area contributed by atoms with Gasteiger partial charge in [-0.1, -0.05) is 18.2 Å². The van der Waals surface area contributed by atoms with E-state index in [9.17, 15) is 0 Å². The number of hydrogen-bond acceptors (Lipinski definition) is 3. The molecule has 3 heteroatoms. The van der Waals surface area contributed by atoms with Crippen LogP contribution in [-0.4, -0.2) is 12.2 Å². The molecule has 0 aliphatic carbocycles. The van der Waals surface area contributed by atoms with Gasteiger partial charge in [0.1, 0.15) is 12.2 Å². The molecule has 0 unspecified atom stereocenters. The summed E-state index contributed by atoms with van der Waals surface area (Å²) in [6, 6.07) is 3.72. The van der Waals surface area contributed by atoms with Crippen LogP contribution in [0.1, 0.15) is 12.2 Å². The minimum Gasteiger partial charge on any atom is -0.464 e. The second kappa shape index (κ2) is 3.08. The Morgan fingerprint density at radius 2 is 2.40 bits per heavy atom. The van der Waals surface area contributed by atoms with Crippen molar-refractivity contribution >= 4 is 0 Å². The Balaban J connectivity index is 2.01. The Bertz CT molecular complexity index is 393. The van der Waals surface area contributed by atoms with Gasteiger partial charge in [-0.15, -0.1) is 6.58 Å². The summed E-state index contributed by atoms with van der Waals surface area (Å²) in [5.41, 5.74) is 0. The van der Waals surface area contributed by atoms with Gasteiger partial charge in [-0.2, -0.15) is 0 Å². The maximum atomic E-state index is 5.87. The average Bonchev–Trinajstić information content (AvgIpc) is 2.86.